The molecule has 0 fully saturated rings. The Labute approximate surface area is 152 Å². The lowest BCUT2D eigenvalue weighted by atomic mass is 10.3. The first-order valence-corrected chi connectivity index (χ1v) is 8.61. The Morgan fingerprint density at radius 3 is 2.73 bits per heavy atom. The lowest BCUT2D eigenvalue weighted by Gasteiger charge is -2.03. The van der Waals surface area contributed by atoms with Crippen LogP contribution in [0.3, 0.4) is 0 Å². The number of aromatic nitrogens is 5. The number of rotatable bonds is 5. The molecule has 0 spiro atoms. The van der Waals surface area contributed by atoms with Gasteiger partial charge in [0, 0.05) is 6.92 Å². The standard InChI is InChI=1S/C17H13N5O3S/c1-11-19-20-14(25-11)10-24-17(23)15-18-16(13-8-5-9-26-13)22(21-15)12-6-3-2-4-7-12/h2-9H,10H2,1H3. The molecule has 0 unspecified atom stereocenters. The van der Waals surface area contributed by atoms with Crippen LogP contribution in [0, 0.1) is 6.92 Å². The normalized spacial score (nSPS) is 10.8. The molecule has 9 heteroatoms. The molecule has 1 aromatic carbocycles. The largest absolute Gasteiger partial charge is 0.450 e. The van der Waals surface area contributed by atoms with Crippen LogP contribution in [0.5, 0.6) is 0 Å². The van der Waals surface area contributed by atoms with Crippen LogP contribution in [-0.2, 0) is 11.3 Å². The van der Waals surface area contributed by atoms with E-state index in [1.807, 2.05) is 47.8 Å². The second kappa shape index (κ2) is 6.89. The van der Waals surface area contributed by atoms with Crippen molar-refractivity contribution in [2.24, 2.45) is 0 Å². The maximum Gasteiger partial charge on any atom is 0.378 e. The number of ether oxygens (including phenoxy) is 1. The summed E-state index contributed by atoms with van der Waals surface area (Å²) in [6.45, 7) is 1.53. The molecule has 3 aromatic heterocycles. The molecule has 0 aliphatic rings. The zero-order chi connectivity index (χ0) is 17.9. The van der Waals surface area contributed by atoms with E-state index in [2.05, 4.69) is 20.3 Å². The Balaban J connectivity index is 1.63. The van der Waals surface area contributed by atoms with E-state index in [1.165, 1.54) is 11.3 Å². The van der Waals surface area contributed by atoms with Crippen LogP contribution in [0.4, 0.5) is 0 Å². The number of aryl methyl sites for hydroxylation is 1. The van der Waals surface area contributed by atoms with E-state index in [0.29, 0.717) is 11.7 Å². The molecule has 4 aromatic rings. The SMILES string of the molecule is Cc1nnc(COC(=O)c2nc(-c3cccs3)n(-c3ccccc3)n2)o1. The highest BCUT2D eigenvalue weighted by molar-refractivity contribution is 7.13. The molecular formula is C17H13N5O3S. The highest BCUT2D eigenvalue weighted by Crippen LogP contribution is 2.25. The summed E-state index contributed by atoms with van der Waals surface area (Å²) in [5, 5.41) is 13.7. The summed E-state index contributed by atoms with van der Waals surface area (Å²) >= 11 is 1.51. The molecule has 0 aliphatic carbocycles. The molecule has 0 aliphatic heterocycles. The molecule has 0 saturated heterocycles. The molecule has 8 nitrogen and oxygen atoms in total. The summed E-state index contributed by atoms with van der Waals surface area (Å²) in [6.07, 6.45) is 0. The van der Waals surface area contributed by atoms with Crippen molar-refractivity contribution in [3.63, 3.8) is 0 Å². The van der Waals surface area contributed by atoms with E-state index in [9.17, 15) is 4.79 Å². The van der Waals surface area contributed by atoms with E-state index in [4.69, 9.17) is 9.15 Å². The summed E-state index contributed by atoms with van der Waals surface area (Å²) in [4.78, 5) is 17.6. The molecule has 0 saturated carbocycles. The van der Waals surface area contributed by atoms with Gasteiger partial charge < -0.3 is 9.15 Å². The van der Waals surface area contributed by atoms with Gasteiger partial charge in [0.1, 0.15) is 0 Å². The number of nitrogens with zero attached hydrogens (tertiary/aromatic N) is 5. The molecule has 26 heavy (non-hydrogen) atoms. The van der Waals surface area contributed by atoms with Crippen LogP contribution in [0.25, 0.3) is 16.4 Å². The first kappa shape index (κ1) is 16.2. The Kier molecular flexibility index (Phi) is 4.28. The average molecular weight is 367 g/mol. The molecule has 0 bridgehead atoms. The zero-order valence-electron chi connectivity index (χ0n) is 13.7. The van der Waals surface area contributed by atoms with Crippen molar-refractivity contribution in [3.8, 4) is 16.4 Å². The molecule has 0 radical (unpaired) electrons. The minimum Gasteiger partial charge on any atom is -0.450 e. The van der Waals surface area contributed by atoms with E-state index >= 15 is 0 Å². The summed E-state index contributed by atoms with van der Waals surface area (Å²) < 4.78 is 12.0. The number of carbonyl (C=O) groups excluding carboxylic acids is 1. The van der Waals surface area contributed by atoms with Crippen molar-refractivity contribution in [2.75, 3.05) is 0 Å². The number of carbonyl (C=O) groups is 1. The van der Waals surface area contributed by atoms with Gasteiger partial charge in [-0.3, -0.25) is 0 Å². The fourth-order valence-electron chi connectivity index (χ4n) is 2.30. The Hall–Kier alpha value is -3.33. The summed E-state index contributed by atoms with van der Waals surface area (Å²) in [7, 11) is 0. The molecule has 0 amide bonds. The molecule has 0 N–H and O–H groups in total. The van der Waals surface area contributed by atoms with Gasteiger partial charge in [0.25, 0.3) is 11.7 Å². The maximum atomic E-state index is 12.3. The van der Waals surface area contributed by atoms with Crippen LogP contribution < -0.4 is 0 Å². The van der Waals surface area contributed by atoms with Gasteiger partial charge in [0.15, 0.2) is 12.4 Å². The molecule has 130 valence electrons. The zero-order valence-corrected chi connectivity index (χ0v) is 14.5. The van der Waals surface area contributed by atoms with Gasteiger partial charge in [0.2, 0.25) is 5.89 Å². The predicted molar refractivity (Wildman–Crippen MR) is 92.8 cm³/mol. The number of esters is 1. The van der Waals surface area contributed by atoms with Gasteiger partial charge in [-0.2, -0.15) is 4.98 Å². The first-order chi connectivity index (χ1) is 12.7. The first-order valence-electron chi connectivity index (χ1n) is 7.73. The maximum absolute atomic E-state index is 12.3. The van der Waals surface area contributed by atoms with Gasteiger partial charge in [-0.05, 0) is 23.6 Å². The molecular weight excluding hydrogens is 354 g/mol. The third kappa shape index (κ3) is 3.24. The van der Waals surface area contributed by atoms with Crippen molar-refractivity contribution >= 4 is 17.3 Å². The molecule has 3 heterocycles. The Morgan fingerprint density at radius 2 is 2.04 bits per heavy atom. The van der Waals surface area contributed by atoms with Crippen LogP contribution in [-0.4, -0.2) is 30.9 Å². The minimum absolute atomic E-state index is 0.0338. The van der Waals surface area contributed by atoms with Gasteiger partial charge in [0.05, 0.1) is 10.6 Å². The highest BCUT2D eigenvalue weighted by Gasteiger charge is 2.21. The lowest BCUT2D eigenvalue weighted by molar-refractivity contribution is 0.0422. The summed E-state index contributed by atoms with van der Waals surface area (Å²) in [5.74, 6) is 0.507. The summed E-state index contributed by atoms with van der Waals surface area (Å²) in [5.41, 5.74) is 0.801. The number of benzene rings is 1. The average Bonchev–Trinajstić information content (AvgIpc) is 3.40. The Bertz CT molecular complexity index is 1020. The number of hydrogen-bond acceptors (Lipinski definition) is 8. The third-order valence-electron chi connectivity index (χ3n) is 3.43. The third-order valence-corrected chi connectivity index (χ3v) is 4.29. The van der Waals surface area contributed by atoms with Crippen LogP contribution >= 0.6 is 11.3 Å². The van der Waals surface area contributed by atoms with Crippen LogP contribution in [0.1, 0.15) is 22.4 Å². The van der Waals surface area contributed by atoms with Crippen LogP contribution in [0.15, 0.2) is 52.3 Å². The number of thiophene rings is 1. The quantitative estimate of drug-likeness (QED) is 0.500. The van der Waals surface area contributed by atoms with Gasteiger partial charge in [-0.1, -0.05) is 24.3 Å². The second-order valence-corrected chi connectivity index (χ2v) is 6.22. The molecule has 4 rings (SSSR count). The number of para-hydroxylation sites is 1. The molecule has 0 atom stereocenters. The van der Waals surface area contributed by atoms with Crippen molar-refractivity contribution in [2.45, 2.75) is 13.5 Å². The minimum atomic E-state index is -0.659. The monoisotopic (exact) mass is 367 g/mol. The van der Waals surface area contributed by atoms with Gasteiger partial charge >= 0.3 is 5.97 Å². The fraction of sp³-hybridized carbons (Fsp3) is 0.118. The smallest absolute Gasteiger partial charge is 0.378 e. The van der Waals surface area contributed by atoms with E-state index in [-0.39, 0.29) is 18.3 Å². The van der Waals surface area contributed by atoms with Crippen molar-refractivity contribution in [3.05, 3.63) is 65.5 Å². The second-order valence-electron chi connectivity index (χ2n) is 5.27. The van der Waals surface area contributed by atoms with Crippen molar-refractivity contribution < 1.29 is 13.9 Å². The van der Waals surface area contributed by atoms with E-state index < -0.39 is 5.97 Å². The van der Waals surface area contributed by atoms with E-state index in [0.717, 1.165) is 10.6 Å². The van der Waals surface area contributed by atoms with Crippen molar-refractivity contribution in [1.29, 1.82) is 0 Å². The predicted octanol–water partition coefficient (Wildman–Crippen LogP) is 3.04. The summed E-state index contributed by atoms with van der Waals surface area (Å²) in [6, 6.07) is 13.3. The highest BCUT2D eigenvalue weighted by atomic mass is 32.1. The topological polar surface area (TPSA) is 95.9 Å². The Morgan fingerprint density at radius 1 is 1.19 bits per heavy atom. The van der Waals surface area contributed by atoms with Crippen LogP contribution in [0.2, 0.25) is 0 Å². The lowest BCUT2D eigenvalue weighted by Crippen LogP contribution is -2.08. The number of hydrogen-bond donors (Lipinski definition) is 0. The van der Waals surface area contributed by atoms with E-state index in [1.54, 1.807) is 11.6 Å². The van der Waals surface area contributed by atoms with Crippen molar-refractivity contribution in [1.82, 2.24) is 25.0 Å². The van der Waals surface area contributed by atoms with Gasteiger partial charge in [-0.25, -0.2) is 9.48 Å². The van der Waals surface area contributed by atoms with Gasteiger partial charge in [-0.15, -0.1) is 26.6 Å². The fourth-order valence-corrected chi connectivity index (χ4v) is 3.00.